The van der Waals surface area contributed by atoms with Gasteiger partial charge in [-0.05, 0) is 33.3 Å². The molecule has 0 fully saturated rings. The maximum absolute atomic E-state index is 10.9. The first-order valence-corrected chi connectivity index (χ1v) is 7.24. The van der Waals surface area contributed by atoms with Gasteiger partial charge in [0.15, 0.2) is 10.8 Å². The monoisotopic (exact) mass is 294 g/mol. The normalized spacial score (nSPS) is 10.8. The van der Waals surface area contributed by atoms with Gasteiger partial charge in [0.2, 0.25) is 0 Å². The Hall–Kier alpha value is -1.89. The van der Waals surface area contributed by atoms with Gasteiger partial charge in [-0.25, -0.2) is 9.78 Å². The molecule has 2 aromatic heterocycles. The van der Waals surface area contributed by atoms with Crippen molar-refractivity contribution >= 4 is 22.4 Å². The predicted octanol–water partition coefficient (Wildman–Crippen LogP) is 2.47. The number of aromatic nitrogens is 3. The molecule has 6 nitrogen and oxygen atoms in total. The van der Waals surface area contributed by atoms with Gasteiger partial charge in [0.1, 0.15) is 0 Å². The van der Waals surface area contributed by atoms with E-state index in [4.69, 9.17) is 5.11 Å². The lowest BCUT2D eigenvalue weighted by Crippen LogP contribution is -2.09. The Kier molecular flexibility index (Phi) is 4.39. The van der Waals surface area contributed by atoms with E-state index in [1.807, 2.05) is 18.5 Å². The molecule has 0 spiro atoms. The van der Waals surface area contributed by atoms with Crippen LogP contribution in [0.3, 0.4) is 0 Å². The lowest BCUT2D eigenvalue weighted by Gasteiger charge is -2.05. The van der Waals surface area contributed by atoms with Crippen LogP contribution in [-0.4, -0.2) is 32.4 Å². The van der Waals surface area contributed by atoms with Crippen molar-refractivity contribution in [3.63, 3.8) is 0 Å². The van der Waals surface area contributed by atoms with Crippen molar-refractivity contribution < 1.29 is 9.90 Å². The van der Waals surface area contributed by atoms with E-state index in [1.165, 1.54) is 11.3 Å². The molecule has 0 aliphatic rings. The summed E-state index contributed by atoms with van der Waals surface area (Å²) in [6.45, 7) is 7.36. The molecule has 2 heterocycles. The number of carboxylic acids is 1. The van der Waals surface area contributed by atoms with Crippen LogP contribution in [0.2, 0.25) is 0 Å². The molecular formula is C13H18N4O2S. The van der Waals surface area contributed by atoms with Gasteiger partial charge >= 0.3 is 5.97 Å². The number of hydrogen-bond acceptors (Lipinski definition) is 5. The number of aryl methyl sites for hydroxylation is 4. The minimum atomic E-state index is -0.977. The van der Waals surface area contributed by atoms with Crippen LogP contribution in [0.4, 0.5) is 5.13 Å². The zero-order valence-corrected chi connectivity index (χ0v) is 12.6. The second-order valence-corrected chi connectivity index (χ2v) is 5.86. The number of rotatable bonds is 6. The van der Waals surface area contributed by atoms with Crippen LogP contribution in [0, 0.1) is 20.8 Å². The fraction of sp³-hybridized carbons (Fsp3) is 0.462. The first-order valence-electron chi connectivity index (χ1n) is 6.43. The summed E-state index contributed by atoms with van der Waals surface area (Å²) in [5, 5.41) is 17.2. The summed E-state index contributed by atoms with van der Waals surface area (Å²) in [5.74, 6) is -0.977. The van der Waals surface area contributed by atoms with Crippen molar-refractivity contribution in [3.8, 4) is 0 Å². The Morgan fingerprint density at radius 1 is 1.45 bits per heavy atom. The van der Waals surface area contributed by atoms with Crippen LogP contribution in [0.15, 0.2) is 6.07 Å². The third-order valence-corrected chi connectivity index (χ3v) is 3.85. The molecule has 20 heavy (non-hydrogen) atoms. The largest absolute Gasteiger partial charge is 0.476 e. The molecule has 7 heteroatoms. The summed E-state index contributed by atoms with van der Waals surface area (Å²) in [6, 6.07) is 2.05. The third-order valence-electron chi connectivity index (χ3n) is 2.93. The van der Waals surface area contributed by atoms with Gasteiger partial charge in [-0.3, -0.25) is 4.68 Å². The molecule has 0 radical (unpaired) electrons. The van der Waals surface area contributed by atoms with Crippen LogP contribution < -0.4 is 5.32 Å². The number of hydrogen-bond donors (Lipinski definition) is 2. The van der Waals surface area contributed by atoms with Crippen LogP contribution in [0.25, 0.3) is 0 Å². The molecule has 0 atom stereocenters. The van der Waals surface area contributed by atoms with E-state index in [9.17, 15) is 4.79 Å². The molecule has 0 saturated heterocycles. The number of thiazole rings is 1. The van der Waals surface area contributed by atoms with Crippen molar-refractivity contribution in [1.29, 1.82) is 0 Å². The number of carbonyl (C=O) groups is 1. The van der Waals surface area contributed by atoms with Crippen molar-refractivity contribution in [3.05, 3.63) is 28.0 Å². The molecule has 108 valence electrons. The molecule has 0 amide bonds. The Morgan fingerprint density at radius 3 is 2.75 bits per heavy atom. The van der Waals surface area contributed by atoms with Crippen LogP contribution in [-0.2, 0) is 6.54 Å². The molecule has 0 aromatic carbocycles. The summed E-state index contributed by atoms with van der Waals surface area (Å²) < 4.78 is 1.98. The fourth-order valence-electron chi connectivity index (χ4n) is 2.00. The number of aromatic carboxylic acids is 1. The SMILES string of the molecule is Cc1cc(C)n(CCCNc2nc(C(=O)O)c(C)s2)n1. The van der Waals surface area contributed by atoms with E-state index in [0.717, 1.165) is 35.8 Å². The standard InChI is InChI=1S/C13H18N4O2S/c1-8-7-9(2)17(16-8)6-4-5-14-13-15-11(12(18)19)10(3)20-13/h7H,4-6H2,1-3H3,(H,14,15)(H,18,19). The van der Waals surface area contributed by atoms with E-state index in [1.54, 1.807) is 6.92 Å². The number of nitrogens with one attached hydrogen (secondary N) is 1. The molecule has 0 saturated carbocycles. The second kappa shape index (κ2) is 6.04. The number of anilines is 1. The number of carboxylic acid groups (broad SMARTS) is 1. The van der Waals surface area contributed by atoms with Gasteiger partial charge in [-0.1, -0.05) is 0 Å². The number of nitrogens with zero attached hydrogens (tertiary/aromatic N) is 3. The Balaban J connectivity index is 1.83. The molecule has 0 bridgehead atoms. The second-order valence-electron chi connectivity index (χ2n) is 4.66. The van der Waals surface area contributed by atoms with E-state index in [0.29, 0.717) is 5.13 Å². The van der Waals surface area contributed by atoms with Gasteiger partial charge in [0.25, 0.3) is 0 Å². The van der Waals surface area contributed by atoms with Crippen LogP contribution in [0.1, 0.15) is 33.2 Å². The van der Waals surface area contributed by atoms with E-state index in [2.05, 4.69) is 21.5 Å². The van der Waals surface area contributed by atoms with Crippen molar-refractivity contribution in [2.24, 2.45) is 0 Å². The van der Waals surface area contributed by atoms with Crippen molar-refractivity contribution in [2.75, 3.05) is 11.9 Å². The molecule has 0 unspecified atom stereocenters. The molecule has 2 N–H and O–H groups in total. The van der Waals surface area contributed by atoms with E-state index < -0.39 is 5.97 Å². The highest BCUT2D eigenvalue weighted by Crippen LogP contribution is 2.21. The third kappa shape index (κ3) is 3.36. The first-order chi connectivity index (χ1) is 9.47. The Bertz CT molecular complexity index is 618. The molecule has 0 aliphatic heterocycles. The summed E-state index contributed by atoms with van der Waals surface area (Å²) in [7, 11) is 0. The highest BCUT2D eigenvalue weighted by atomic mass is 32.1. The summed E-state index contributed by atoms with van der Waals surface area (Å²) in [4.78, 5) is 15.7. The van der Waals surface area contributed by atoms with Crippen LogP contribution >= 0.6 is 11.3 Å². The molecule has 2 rings (SSSR count). The summed E-state index contributed by atoms with van der Waals surface area (Å²) >= 11 is 1.37. The average molecular weight is 294 g/mol. The quantitative estimate of drug-likeness (QED) is 0.800. The van der Waals surface area contributed by atoms with Gasteiger partial charge in [-0.2, -0.15) is 5.10 Å². The minimum Gasteiger partial charge on any atom is -0.476 e. The minimum absolute atomic E-state index is 0.135. The molecular weight excluding hydrogens is 276 g/mol. The van der Waals surface area contributed by atoms with Gasteiger partial charge in [-0.15, -0.1) is 11.3 Å². The first kappa shape index (κ1) is 14.5. The fourth-order valence-corrected chi connectivity index (χ4v) is 2.83. The highest BCUT2D eigenvalue weighted by Gasteiger charge is 2.13. The molecule has 0 aliphatic carbocycles. The van der Waals surface area contributed by atoms with Crippen molar-refractivity contribution in [1.82, 2.24) is 14.8 Å². The summed E-state index contributed by atoms with van der Waals surface area (Å²) in [5.41, 5.74) is 2.31. The summed E-state index contributed by atoms with van der Waals surface area (Å²) in [6.07, 6.45) is 0.906. The van der Waals surface area contributed by atoms with Crippen molar-refractivity contribution in [2.45, 2.75) is 33.7 Å². The smallest absolute Gasteiger partial charge is 0.355 e. The van der Waals surface area contributed by atoms with Gasteiger partial charge < -0.3 is 10.4 Å². The van der Waals surface area contributed by atoms with E-state index >= 15 is 0 Å². The lowest BCUT2D eigenvalue weighted by molar-refractivity contribution is 0.0690. The predicted molar refractivity (Wildman–Crippen MR) is 78.6 cm³/mol. The topological polar surface area (TPSA) is 80.0 Å². The zero-order valence-electron chi connectivity index (χ0n) is 11.8. The van der Waals surface area contributed by atoms with Gasteiger partial charge in [0, 0.05) is 23.7 Å². The van der Waals surface area contributed by atoms with Gasteiger partial charge in [0.05, 0.1) is 5.69 Å². The average Bonchev–Trinajstić information content (AvgIpc) is 2.88. The Morgan fingerprint density at radius 2 is 2.20 bits per heavy atom. The lowest BCUT2D eigenvalue weighted by atomic mass is 10.4. The zero-order chi connectivity index (χ0) is 14.7. The molecule has 2 aromatic rings. The van der Waals surface area contributed by atoms with E-state index in [-0.39, 0.29) is 5.69 Å². The Labute approximate surface area is 121 Å². The maximum Gasteiger partial charge on any atom is 0.355 e. The highest BCUT2D eigenvalue weighted by molar-refractivity contribution is 7.15. The maximum atomic E-state index is 10.9. The van der Waals surface area contributed by atoms with Crippen LogP contribution in [0.5, 0.6) is 0 Å².